The molecular formula is C25H31N5O. The van der Waals surface area contributed by atoms with E-state index in [4.69, 9.17) is 9.73 Å². The van der Waals surface area contributed by atoms with Gasteiger partial charge in [-0.25, -0.2) is 9.98 Å². The smallest absolute Gasteiger partial charge is 0.194 e. The van der Waals surface area contributed by atoms with E-state index in [0.717, 1.165) is 32.1 Å². The summed E-state index contributed by atoms with van der Waals surface area (Å²) in [4.78, 5) is 11.3. The number of morpholine rings is 1. The summed E-state index contributed by atoms with van der Waals surface area (Å²) >= 11 is 0. The van der Waals surface area contributed by atoms with Crippen LogP contribution >= 0.6 is 0 Å². The summed E-state index contributed by atoms with van der Waals surface area (Å²) in [5, 5.41) is 3.46. The quantitative estimate of drug-likeness (QED) is 0.490. The fourth-order valence-electron chi connectivity index (χ4n) is 3.91. The van der Waals surface area contributed by atoms with Crippen molar-refractivity contribution in [1.29, 1.82) is 0 Å². The molecule has 1 aromatic heterocycles. The van der Waals surface area contributed by atoms with Gasteiger partial charge in [0, 0.05) is 32.0 Å². The Balaban J connectivity index is 1.42. The molecule has 1 aliphatic rings. The number of rotatable bonds is 6. The van der Waals surface area contributed by atoms with Gasteiger partial charge in [0.05, 0.1) is 26.0 Å². The van der Waals surface area contributed by atoms with Crippen molar-refractivity contribution in [3.05, 3.63) is 89.5 Å². The summed E-state index contributed by atoms with van der Waals surface area (Å²) in [7, 11) is 0. The highest BCUT2D eigenvalue weighted by Crippen LogP contribution is 2.25. The molecule has 1 fully saturated rings. The number of nitrogens with zero attached hydrogens (tertiary/aromatic N) is 4. The van der Waals surface area contributed by atoms with Crippen molar-refractivity contribution < 1.29 is 4.74 Å². The predicted octanol–water partition coefficient (Wildman–Crippen LogP) is 3.78. The van der Waals surface area contributed by atoms with Crippen LogP contribution < -0.4 is 5.32 Å². The number of hydrogen-bond donors (Lipinski definition) is 1. The van der Waals surface area contributed by atoms with Crippen molar-refractivity contribution in [2.45, 2.75) is 33.0 Å². The molecular weight excluding hydrogens is 386 g/mol. The Kier molecular flexibility index (Phi) is 6.99. The molecule has 6 heteroatoms. The number of nitrogens with one attached hydrogen (secondary N) is 1. The van der Waals surface area contributed by atoms with Crippen LogP contribution in [0.2, 0.25) is 0 Å². The van der Waals surface area contributed by atoms with Gasteiger partial charge < -0.3 is 19.5 Å². The number of guanidine groups is 1. The number of aryl methyl sites for hydroxylation is 1. The summed E-state index contributed by atoms with van der Waals surface area (Å²) in [6.45, 7) is 8.94. The molecule has 31 heavy (non-hydrogen) atoms. The Bertz CT molecular complexity index is 981. The number of aliphatic imine (C=N–C) groups is 1. The summed E-state index contributed by atoms with van der Waals surface area (Å²) in [5.41, 5.74) is 4.99. The zero-order valence-corrected chi connectivity index (χ0v) is 18.4. The monoisotopic (exact) mass is 417 g/mol. The SMILES string of the molecule is CCNC(=NCc1ccc(Cn2ccnc2)cc1)N1CCOC(c2ccccc2C)C1. The zero-order chi connectivity index (χ0) is 21.5. The first-order valence-electron chi connectivity index (χ1n) is 11.0. The van der Waals surface area contributed by atoms with Crippen LogP contribution in [-0.4, -0.2) is 46.7 Å². The number of benzene rings is 2. The standard InChI is InChI=1S/C25H31N5O/c1-3-27-25(30-14-15-31-24(18-30)23-7-5-4-6-20(23)2)28-16-21-8-10-22(11-9-21)17-29-13-12-26-19-29/h4-13,19,24H,3,14-18H2,1-2H3,(H,27,28). The minimum Gasteiger partial charge on any atom is -0.370 e. The molecule has 162 valence electrons. The van der Waals surface area contributed by atoms with E-state index in [9.17, 15) is 0 Å². The molecule has 2 heterocycles. The van der Waals surface area contributed by atoms with Crippen LogP contribution in [0.5, 0.6) is 0 Å². The van der Waals surface area contributed by atoms with E-state index < -0.39 is 0 Å². The lowest BCUT2D eigenvalue weighted by Gasteiger charge is -2.35. The molecule has 0 bridgehead atoms. The van der Waals surface area contributed by atoms with Crippen molar-refractivity contribution in [3.63, 3.8) is 0 Å². The van der Waals surface area contributed by atoms with Gasteiger partial charge in [0.15, 0.2) is 5.96 Å². The molecule has 0 spiro atoms. The van der Waals surface area contributed by atoms with Gasteiger partial charge in [-0.05, 0) is 36.1 Å². The normalized spacial score (nSPS) is 17.0. The van der Waals surface area contributed by atoms with Gasteiger partial charge in [0.25, 0.3) is 0 Å². The van der Waals surface area contributed by atoms with E-state index in [1.54, 1.807) is 6.20 Å². The van der Waals surface area contributed by atoms with Crippen molar-refractivity contribution in [1.82, 2.24) is 19.8 Å². The van der Waals surface area contributed by atoms with Gasteiger partial charge in [-0.2, -0.15) is 0 Å². The average molecular weight is 418 g/mol. The van der Waals surface area contributed by atoms with Crippen LogP contribution in [0.4, 0.5) is 0 Å². The lowest BCUT2D eigenvalue weighted by Crippen LogP contribution is -2.48. The fraction of sp³-hybridized carbons (Fsp3) is 0.360. The highest BCUT2D eigenvalue weighted by Gasteiger charge is 2.25. The van der Waals surface area contributed by atoms with Gasteiger partial charge in [0.2, 0.25) is 0 Å². The molecule has 6 nitrogen and oxygen atoms in total. The molecule has 2 aromatic carbocycles. The Morgan fingerprint density at radius 3 is 2.71 bits per heavy atom. The minimum absolute atomic E-state index is 0.0706. The summed E-state index contributed by atoms with van der Waals surface area (Å²) in [6.07, 6.45) is 5.70. The highest BCUT2D eigenvalue weighted by molar-refractivity contribution is 5.80. The van der Waals surface area contributed by atoms with Gasteiger partial charge >= 0.3 is 0 Å². The number of ether oxygens (including phenoxy) is 1. The average Bonchev–Trinajstić information content (AvgIpc) is 3.31. The zero-order valence-electron chi connectivity index (χ0n) is 18.4. The first kappa shape index (κ1) is 21.1. The maximum Gasteiger partial charge on any atom is 0.194 e. The van der Waals surface area contributed by atoms with E-state index in [-0.39, 0.29) is 6.10 Å². The Labute approximate surface area is 184 Å². The van der Waals surface area contributed by atoms with Crippen LogP contribution in [0.15, 0.2) is 72.2 Å². The number of hydrogen-bond acceptors (Lipinski definition) is 3. The van der Waals surface area contributed by atoms with Crippen molar-refractivity contribution in [2.24, 2.45) is 4.99 Å². The molecule has 0 amide bonds. The number of imidazole rings is 1. The third-order valence-corrected chi connectivity index (χ3v) is 5.59. The maximum atomic E-state index is 6.09. The van der Waals surface area contributed by atoms with E-state index in [0.29, 0.717) is 13.2 Å². The summed E-state index contributed by atoms with van der Waals surface area (Å²) < 4.78 is 8.16. The first-order valence-corrected chi connectivity index (χ1v) is 11.0. The van der Waals surface area contributed by atoms with Gasteiger partial charge in [-0.15, -0.1) is 0 Å². The lowest BCUT2D eigenvalue weighted by molar-refractivity contribution is -0.00834. The third kappa shape index (κ3) is 5.52. The van der Waals surface area contributed by atoms with Crippen LogP contribution in [-0.2, 0) is 17.8 Å². The molecule has 1 aliphatic heterocycles. The van der Waals surface area contributed by atoms with E-state index in [1.807, 2.05) is 12.5 Å². The molecule has 1 N–H and O–H groups in total. The lowest BCUT2D eigenvalue weighted by atomic mass is 10.0. The van der Waals surface area contributed by atoms with Crippen LogP contribution in [0.1, 0.15) is 35.3 Å². The molecule has 1 atom stereocenters. The molecule has 1 unspecified atom stereocenters. The summed E-state index contributed by atoms with van der Waals surface area (Å²) in [5.74, 6) is 0.951. The molecule has 1 saturated heterocycles. The second-order valence-corrected chi connectivity index (χ2v) is 7.88. The molecule has 0 aliphatic carbocycles. The molecule has 0 saturated carbocycles. The second kappa shape index (κ2) is 10.3. The van der Waals surface area contributed by atoms with E-state index in [1.165, 1.54) is 22.3 Å². The van der Waals surface area contributed by atoms with E-state index >= 15 is 0 Å². The van der Waals surface area contributed by atoms with Gasteiger partial charge in [-0.3, -0.25) is 0 Å². The minimum atomic E-state index is 0.0706. The van der Waals surface area contributed by atoms with Crippen LogP contribution in [0.25, 0.3) is 0 Å². The van der Waals surface area contributed by atoms with E-state index in [2.05, 4.69) is 82.1 Å². The predicted molar refractivity (Wildman–Crippen MR) is 124 cm³/mol. The molecule has 0 radical (unpaired) electrons. The Hall–Kier alpha value is -3.12. The van der Waals surface area contributed by atoms with Crippen molar-refractivity contribution >= 4 is 5.96 Å². The van der Waals surface area contributed by atoms with Gasteiger partial charge in [-0.1, -0.05) is 48.5 Å². The number of aromatic nitrogens is 2. The maximum absolute atomic E-state index is 6.09. The largest absolute Gasteiger partial charge is 0.370 e. The van der Waals surface area contributed by atoms with Gasteiger partial charge in [0.1, 0.15) is 6.10 Å². The van der Waals surface area contributed by atoms with Crippen molar-refractivity contribution in [3.8, 4) is 0 Å². The van der Waals surface area contributed by atoms with Crippen molar-refractivity contribution in [2.75, 3.05) is 26.2 Å². The van der Waals surface area contributed by atoms with Crippen LogP contribution in [0, 0.1) is 6.92 Å². The topological polar surface area (TPSA) is 54.7 Å². The third-order valence-electron chi connectivity index (χ3n) is 5.59. The Morgan fingerprint density at radius 1 is 1.16 bits per heavy atom. The summed E-state index contributed by atoms with van der Waals surface area (Å²) in [6, 6.07) is 17.1. The van der Waals surface area contributed by atoms with Crippen LogP contribution in [0.3, 0.4) is 0 Å². The molecule has 3 aromatic rings. The fourth-order valence-corrected chi connectivity index (χ4v) is 3.91. The first-order chi connectivity index (χ1) is 15.2. The second-order valence-electron chi connectivity index (χ2n) is 7.88. The Morgan fingerprint density at radius 2 is 1.97 bits per heavy atom. The molecule has 4 rings (SSSR count). The highest BCUT2D eigenvalue weighted by atomic mass is 16.5.